The van der Waals surface area contributed by atoms with E-state index >= 15 is 0 Å². The Morgan fingerprint density at radius 1 is 1.38 bits per heavy atom. The predicted octanol–water partition coefficient (Wildman–Crippen LogP) is 3.63. The Morgan fingerprint density at radius 3 is 2.88 bits per heavy atom. The first-order chi connectivity index (χ1) is 7.75. The van der Waals surface area contributed by atoms with E-state index in [1.54, 1.807) is 6.07 Å². The molecular weight excluding hydrogens is 222 g/mol. The predicted molar refractivity (Wildman–Crippen MR) is 67.5 cm³/mol. The zero-order chi connectivity index (χ0) is 11.4. The van der Waals surface area contributed by atoms with Crippen molar-refractivity contribution in [3.05, 3.63) is 28.8 Å². The molecule has 1 aromatic carbocycles. The lowest BCUT2D eigenvalue weighted by Crippen LogP contribution is -2.13. The highest BCUT2D eigenvalue weighted by Crippen LogP contribution is 2.29. The molecule has 1 aliphatic carbocycles. The molecule has 1 saturated carbocycles. The van der Waals surface area contributed by atoms with Gasteiger partial charge < -0.3 is 10.5 Å². The van der Waals surface area contributed by atoms with Crippen LogP contribution in [0.5, 0.6) is 0 Å². The Bertz CT molecular complexity index is 350. The van der Waals surface area contributed by atoms with Crippen molar-refractivity contribution in [1.29, 1.82) is 0 Å². The topological polar surface area (TPSA) is 35.2 Å². The quantitative estimate of drug-likeness (QED) is 0.629. The maximum absolute atomic E-state index is 5.90. The fraction of sp³-hybridized carbons (Fsp3) is 0.538. The van der Waals surface area contributed by atoms with Crippen LogP contribution < -0.4 is 5.73 Å². The van der Waals surface area contributed by atoms with Gasteiger partial charge in [0.2, 0.25) is 0 Å². The van der Waals surface area contributed by atoms with E-state index in [1.807, 2.05) is 12.1 Å². The van der Waals surface area contributed by atoms with Gasteiger partial charge in [-0.05, 0) is 30.5 Å². The van der Waals surface area contributed by atoms with Gasteiger partial charge in [-0.15, -0.1) is 0 Å². The minimum Gasteiger partial charge on any atom is -0.398 e. The van der Waals surface area contributed by atoms with Gasteiger partial charge in [0.1, 0.15) is 0 Å². The zero-order valence-electron chi connectivity index (χ0n) is 9.42. The van der Waals surface area contributed by atoms with Crippen LogP contribution in [0.25, 0.3) is 0 Å². The molecule has 0 unspecified atom stereocenters. The Balaban J connectivity index is 1.73. The van der Waals surface area contributed by atoms with Crippen molar-refractivity contribution in [2.75, 3.05) is 12.3 Å². The summed E-state index contributed by atoms with van der Waals surface area (Å²) in [7, 11) is 0. The smallest absolute Gasteiger partial charge is 0.0737 e. The van der Waals surface area contributed by atoms with E-state index in [1.165, 1.54) is 25.7 Å². The van der Waals surface area contributed by atoms with Gasteiger partial charge in [0, 0.05) is 22.9 Å². The van der Waals surface area contributed by atoms with Crippen molar-refractivity contribution in [2.24, 2.45) is 5.92 Å². The summed E-state index contributed by atoms with van der Waals surface area (Å²) >= 11 is 5.90. The molecule has 0 bridgehead atoms. The molecular formula is C13H18ClNO. The molecule has 0 heterocycles. The molecule has 0 spiro atoms. The van der Waals surface area contributed by atoms with Crippen molar-refractivity contribution in [3.8, 4) is 0 Å². The second kappa shape index (κ2) is 5.55. The first kappa shape index (κ1) is 11.7. The molecule has 1 fully saturated rings. The summed E-state index contributed by atoms with van der Waals surface area (Å²) in [5.74, 6) is 0.900. The van der Waals surface area contributed by atoms with E-state index in [0.717, 1.165) is 23.8 Å². The lowest BCUT2D eigenvalue weighted by atomic mass is 9.83. The van der Waals surface area contributed by atoms with Gasteiger partial charge in [-0.3, -0.25) is 0 Å². The third-order valence-corrected chi connectivity index (χ3v) is 3.49. The van der Waals surface area contributed by atoms with Gasteiger partial charge in [-0.2, -0.15) is 0 Å². The Hall–Kier alpha value is -0.730. The van der Waals surface area contributed by atoms with Crippen LogP contribution in [0.3, 0.4) is 0 Å². The molecule has 1 aliphatic rings. The van der Waals surface area contributed by atoms with E-state index in [4.69, 9.17) is 22.1 Å². The highest BCUT2D eigenvalue weighted by Gasteiger charge is 2.16. The molecule has 3 heteroatoms. The molecule has 2 rings (SSSR count). The largest absolute Gasteiger partial charge is 0.398 e. The summed E-state index contributed by atoms with van der Waals surface area (Å²) in [4.78, 5) is 0. The second-order valence-electron chi connectivity index (χ2n) is 4.48. The molecule has 16 heavy (non-hydrogen) atoms. The number of ether oxygens (including phenoxy) is 1. The maximum Gasteiger partial charge on any atom is 0.0737 e. The van der Waals surface area contributed by atoms with Gasteiger partial charge in [0.15, 0.2) is 0 Å². The fourth-order valence-electron chi connectivity index (χ4n) is 1.91. The summed E-state index contributed by atoms with van der Waals surface area (Å²) in [6, 6.07) is 5.50. The Labute approximate surface area is 102 Å². The van der Waals surface area contributed by atoms with Gasteiger partial charge >= 0.3 is 0 Å². The molecule has 88 valence electrons. The molecule has 2 N–H and O–H groups in total. The Kier molecular flexibility index (Phi) is 4.08. The van der Waals surface area contributed by atoms with E-state index < -0.39 is 0 Å². The molecule has 0 atom stereocenters. The summed E-state index contributed by atoms with van der Waals surface area (Å²) in [5.41, 5.74) is 7.57. The van der Waals surface area contributed by atoms with Crippen LogP contribution in [-0.4, -0.2) is 6.61 Å². The van der Waals surface area contributed by atoms with E-state index in [0.29, 0.717) is 11.6 Å². The van der Waals surface area contributed by atoms with E-state index in [2.05, 4.69) is 0 Å². The van der Waals surface area contributed by atoms with Gasteiger partial charge in [-0.25, -0.2) is 0 Å². The molecule has 0 radical (unpaired) electrons. The monoisotopic (exact) mass is 239 g/mol. The zero-order valence-corrected chi connectivity index (χ0v) is 10.2. The molecule has 0 aromatic heterocycles. The average Bonchev–Trinajstić information content (AvgIpc) is 2.20. The molecule has 2 nitrogen and oxygen atoms in total. The molecule has 0 aliphatic heterocycles. The fourth-order valence-corrected chi connectivity index (χ4v) is 2.11. The van der Waals surface area contributed by atoms with Gasteiger partial charge in [0.05, 0.1) is 6.61 Å². The van der Waals surface area contributed by atoms with E-state index in [-0.39, 0.29) is 0 Å². The van der Waals surface area contributed by atoms with Gasteiger partial charge in [0.25, 0.3) is 0 Å². The first-order valence-corrected chi connectivity index (χ1v) is 6.25. The minimum absolute atomic E-state index is 0.569. The highest BCUT2D eigenvalue weighted by molar-refractivity contribution is 6.30. The molecule has 1 aromatic rings. The normalized spacial score (nSPS) is 16.1. The molecule has 0 saturated heterocycles. The number of rotatable bonds is 5. The number of hydrogen-bond donors (Lipinski definition) is 1. The standard InChI is InChI=1S/C13H18ClNO/c14-12-4-5-13(15)11(8-12)9-16-7-6-10-2-1-3-10/h4-5,8,10H,1-3,6-7,9,15H2. The SMILES string of the molecule is Nc1ccc(Cl)cc1COCCC1CCC1. The summed E-state index contributed by atoms with van der Waals surface area (Å²) in [6.07, 6.45) is 5.33. The summed E-state index contributed by atoms with van der Waals surface area (Å²) < 4.78 is 5.62. The van der Waals surface area contributed by atoms with Crippen LogP contribution in [-0.2, 0) is 11.3 Å². The number of halogens is 1. The van der Waals surface area contributed by atoms with Crippen molar-refractivity contribution in [3.63, 3.8) is 0 Å². The molecule has 0 amide bonds. The number of hydrogen-bond acceptors (Lipinski definition) is 2. The average molecular weight is 240 g/mol. The third kappa shape index (κ3) is 3.13. The lowest BCUT2D eigenvalue weighted by molar-refractivity contribution is 0.0953. The van der Waals surface area contributed by atoms with Crippen LogP contribution in [0.4, 0.5) is 5.69 Å². The third-order valence-electron chi connectivity index (χ3n) is 3.26. The van der Waals surface area contributed by atoms with Crippen molar-refractivity contribution >= 4 is 17.3 Å². The number of nitrogens with two attached hydrogens (primary N) is 1. The highest BCUT2D eigenvalue weighted by atomic mass is 35.5. The van der Waals surface area contributed by atoms with Crippen molar-refractivity contribution in [1.82, 2.24) is 0 Å². The van der Waals surface area contributed by atoms with E-state index in [9.17, 15) is 0 Å². The number of anilines is 1. The lowest BCUT2D eigenvalue weighted by Gasteiger charge is -2.24. The number of nitrogen functional groups attached to an aromatic ring is 1. The van der Waals surface area contributed by atoms with Crippen LogP contribution in [0.1, 0.15) is 31.2 Å². The van der Waals surface area contributed by atoms with Crippen LogP contribution in [0.2, 0.25) is 5.02 Å². The minimum atomic E-state index is 0.569. The summed E-state index contributed by atoms with van der Waals surface area (Å²) in [5, 5.41) is 0.715. The first-order valence-electron chi connectivity index (χ1n) is 5.87. The maximum atomic E-state index is 5.90. The van der Waals surface area contributed by atoms with Gasteiger partial charge in [-0.1, -0.05) is 30.9 Å². The van der Waals surface area contributed by atoms with Crippen LogP contribution in [0.15, 0.2) is 18.2 Å². The second-order valence-corrected chi connectivity index (χ2v) is 4.92. The summed E-state index contributed by atoms with van der Waals surface area (Å²) in [6.45, 7) is 1.40. The van der Waals surface area contributed by atoms with Crippen LogP contribution in [0, 0.1) is 5.92 Å². The Morgan fingerprint density at radius 2 is 2.19 bits per heavy atom. The van der Waals surface area contributed by atoms with Crippen LogP contribution >= 0.6 is 11.6 Å². The van der Waals surface area contributed by atoms with Crippen molar-refractivity contribution in [2.45, 2.75) is 32.3 Å². The number of benzene rings is 1. The van der Waals surface area contributed by atoms with Crippen molar-refractivity contribution < 1.29 is 4.74 Å².